The van der Waals surface area contributed by atoms with Crippen molar-refractivity contribution in [1.29, 1.82) is 0 Å². The maximum atomic E-state index is 14.3. The van der Waals surface area contributed by atoms with Crippen LogP contribution in [-0.2, 0) is 22.6 Å². The van der Waals surface area contributed by atoms with Crippen molar-refractivity contribution in [3.8, 4) is 16.4 Å². The SMILES string of the molecule is NC(=O)c1csc(-n2nc(-c3ccccc3)c(Cc3ccc(S(N)(=O)=O)cc3)c2C(F)(F)F)n1. The molecule has 8 nitrogen and oxygen atoms in total. The smallest absolute Gasteiger partial charge is 0.364 e. The summed E-state index contributed by atoms with van der Waals surface area (Å²) in [5, 5.41) is 10.4. The fourth-order valence-corrected chi connectivity index (χ4v) is 4.64. The summed E-state index contributed by atoms with van der Waals surface area (Å²) < 4.78 is 66.7. The van der Waals surface area contributed by atoms with E-state index in [9.17, 15) is 26.4 Å². The van der Waals surface area contributed by atoms with Gasteiger partial charge in [-0.05, 0) is 17.7 Å². The third-order valence-corrected chi connectivity index (χ3v) is 6.60. The number of benzene rings is 2. The first-order chi connectivity index (χ1) is 15.9. The lowest BCUT2D eigenvalue weighted by molar-refractivity contribution is -0.143. The summed E-state index contributed by atoms with van der Waals surface area (Å²) in [6.45, 7) is 0. The topological polar surface area (TPSA) is 134 Å². The number of nitrogens with two attached hydrogens (primary N) is 2. The molecule has 2 aromatic heterocycles. The van der Waals surface area contributed by atoms with Gasteiger partial charge in [-0.25, -0.2) is 23.2 Å². The maximum Gasteiger partial charge on any atom is 0.433 e. The van der Waals surface area contributed by atoms with E-state index >= 15 is 0 Å². The number of alkyl halides is 3. The van der Waals surface area contributed by atoms with Crippen molar-refractivity contribution in [2.45, 2.75) is 17.5 Å². The van der Waals surface area contributed by atoms with E-state index in [2.05, 4.69) is 10.1 Å². The van der Waals surface area contributed by atoms with E-state index in [1.807, 2.05) is 0 Å². The molecule has 0 saturated heterocycles. The van der Waals surface area contributed by atoms with Gasteiger partial charge in [0, 0.05) is 22.9 Å². The highest BCUT2D eigenvalue weighted by Gasteiger charge is 2.41. The Morgan fingerprint density at radius 2 is 1.71 bits per heavy atom. The van der Waals surface area contributed by atoms with Crippen LogP contribution in [0, 0.1) is 0 Å². The Morgan fingerprint density at radius 3 is 2.24 bits per heavy atom. The van der Waals surface area contributed by atoms with E-state index in [0.29, 0.717) is 15.8 Å². The lowest BCUT2D eigenvalue weighted by Gasteiger charge is -2.12. The number of halogens is 3. The number of sulfonamides is 1. The molecular weight excluding hydrogens is 491 g/mol. The zero-order chi connectivity index (χ0) is 24.7. The first-order valence-corrected chi connectivity index (χ1v) is 12.0. The van der Waals surface area contributed by atoms with E-state index in [1.54, 1.807) is 30.3 Å². The van der Waals surface area contributed by atoms with Gasteiger partial charge in [0.25, 0.3) is 5.91 Å². The molecule has 0 bridgehead atoms. The van der Waals surface area contributed by atoms with Crippen LogP contribution in [0.3, 0.4) is 0 Å². The molecule has 2 heterocycles. The number of hydrogen-bond acceptors (Lipinski definition) is 6. The fraction of sp³-hybridized carbons (Fsp3) is 0.0952. The van der Waals surface area contributed by atoms with Gasteiger partial charge in [-0.2, -0.15) is 18.3 Å². The summed E-state index contributed by atoms with van der Waals surface area (Å²) in [4.78, 5) is 15.2. The van der Waals surface area contributed by atoms with Gasteiger partial charge in [-0.1, -0.05) is 42.5 Å². The molecule has 4 N–H and O–H groups in total. The molecule has 0 aliphatic heterocycles. The predicted octanol–water partition coefficient (Wildman–Crippen LogP) is 3.35. The number of thiazole rings is 1. The van der Waals surface area contributed by atoms with Crippen LogP contribution in [0.4, 0.5) is 13.2 Å². The Hall–Kier alpha value is -3.55. The summed E-state index contributed by atoms with van der Waals surface area (Å²) in [5.41, 5.74) is 4.74. The number of hydrogen-bond donors (Lipinski definition) is 2. The standard InChI is InChI=1S/C21H16F3N5O3S2/c22-21(23,24)18-15(10-12-6-8-14(9-7-12)34(26,31)32)17(13-4-2-1-3-5-13)28-29(18)20-27-16(11-33-20)19(25)30/h1-9,11H,10H2,(H2,25,30)(H2,26,31,32). The zero-order valence-corrected chi connectivity index (χ0v) is 18.8. The molecule has 176 valence electrons. The van der Waals surface area contributed by atoms with E-state index in [4.69, 9.17) is 10.9 Å². The van der Waals surface area contributed by atoms with Crippen LogP contribution in [0.15, 0.2) is 64.9 Å². The van der Waals surface area contributed by atoms with E-state index in [0.717, 1.165) is 11.3 Å². The van der Waals surface area contributed by atoms with Gasteiger partial charge in [0.15, 0.2) is 5.69 Å². The Balaban J connectivity index is 1.92. The van der Waals surface area contributed by atoms with Gasteiger partial charge in [-0.3, -0.25) is 4.79 Å². The second-order valence-electron chi connectivity index (χ2n) is 7.20. The highest BCUT2D eigenvalue weighted by atomic mass is 32.2. The molecular formula is C21H16F3N5O3S2. The molecule has 0 fully saturated rings. The van der Waals surface area contributed by atoms with Crippen molar-refractivity contribution in [1.82, 2.24) is 14.8 Å². The van der Waals surface area contributed by atoms with Gasteiger partial charge in [-0.15, -0.1) is 11.3 Å². The minimum Gasteiger partial charge on any atom is -0.364 e. The number of primary amides is 1. The highest BCUT2D eigenvalue weighted by molar-refractivity contribution is 7.89. The lowest BCUT2D eigenvalue weighted by Crippen LogP contribution is -2.16. The maximum absolute atomic E-state index is 14.3. The minimum atomic E-state index is -4.82. The first kappa shape index (κ1) is 23.6. The molecule has 0 spiro atoms. The fourth-order valence-electron chi connectivity index (χ4n) is 3.35. The van der Waals surface area contributed by atoms with Crippen molar-refractivity contribution >= 4 is 27.3 Å². The third-order valence-electron chi connectivity index (χ3n) is 4.86. The Bertz CT molecular complexity index is 1460. The van der Waals surface area contributed by atoms with Crippen molar-refractivity contribution in [2.24, 2.45) is 10.9 Å². The largest absolute Gasteiger partial charge is 0.433 e. The van der Waals surface area contributed by atoms with Crippen molar-refractivity contribution < 1.29 is 26.4 Å². The number of aromatic nitrogens is 3. The highest BCUT2D eigenvalue weighted by Crippen LogP contribution is 2.40. The summed E-state index contributed by atoms with van der Waals surface area (Å²) in [5.74, 6) is -0.873. The average Bonchev–Trinajstić information content (AvgIpc) is 3.39. The normalized spacial score (nSPS) is 12.1. The molecule has 0 aliphatic rings. The Labute approximate surface area is 195 Å². The molecule has 2 aromatic carbocycles. The minimum absolute atomic E-state index is 0.0688. The number of rotatable bonds is 6. The van der Waals surface area contributed by atoms with Gasteiger partial charge in [0.2, 0.25) is 15.2 Å². The number of amides is 1. The van der Waals surface area contributed by atoms with Crippen LogP contribution in [0.5, 0.6) is 0 Å². The Kier molecular flexibility index (Phi) is 6.02. The molecule has 0 radical (unpaired) electrons. The zero-order valence-electron chi connectivity index (χ0n) is 17.2. The molecule has 13 heteroatoms. The molecule has 34 heavy (non-hydrogen) atoms. The molecule has 0 unspecified atom stereocenters. The molecule has 0 aliphatic carbocycles. The number of carbonyl (C=O) groups is 1. The summed E-state index contributed by atoms with van der Waals surface area (Å²) in [7, 11) is -3.95. The van der Waals surface area contributed by atoms with Crippen LogP contribution in [0.2, 0.25) is 0 Å². The van der Waals surface area contributed by atoms with E-state index in [-0.39, 0.29) is 33.4 Å². The number of nitrogens with zero attached hydrogens (tertiary/aromatic N) is 3. The van der Waals surface area contributed by atoms with Crippen molar-refractivity contribution in [2.75, 3.05) is 0 Å². The summed E-state index contributed by atoms with van der Waals surface area (Å²) in [6, 6.07) is 13.5. The quantitative estimate of drug-likeness (QED) is 0.413. The summed E-state index contributed by atoms with van der Waals surface area (Å²) in [6.07, 6.45) is -5.04. The van der Waals surface area contributed by atoms with Gasteiger partial charge >= 0.3 is 6.18 Å². The molecule has 4 rings (SSSR count). The van der Waals surface area contributed by atoms with Crippen LogP contribution in [0.1, 0.15) is 27.3 Å². The van der Waals surface area contributed by atoms with Crippen LogP contribution < -0.4 is 10.9 Å². The lowest BCUT2D eigenvalue weighted by atomic mass is 9.99. The van der Waals surface area contributed by atoms with E-state index < -0.39 is 27.8 Å². The first-order valence-electron chi connectivity index (χ1n) is 9.57. The van der Waals surface area contributed by atoms with E-state index in [1.165, 1.54) is 29.6 Å². The molecule has 0 saturated carbocycles. The van der Waals surface area contributed by atoms with Crippen LogP contribution >= 0.6 is 11.3 Å². The van der Waals surface area contributed by atoms with Gasteiger partial charge in [0.05, 0.1) is 10.6 Å². The second-order valence-corrected chi connectivity index (χ2v) is 9.59. The van der Waals surface area contributed by atoms with Crippen LogP contribution in [-0.4, -0.2) is 29.1 Å². The Morgan fingerprint density at radius 1 is 1.06 bits per heavy atom. The van der Waals surface area contributed by atoms with Gasteiger partial charge < -0.3 is 5.73 Å². The number of primary sulfonamides is 1. The van der Waals surface area contributed by atoms with Gasteiger partial charge in [0.1, 0.15) is 5.69 Å². The van der Waals surface area contributed by atoms with Crippen molar-refractivity contribution in [3.63, 3.8) is 0 Å². The van der Waals surface area contributed by atoms with Crippen LogP contribution in [0.25, 0.3) is 16.4 Å². The molecule has 1 amide bonds. The third kappa shape index (κ3) is 4.71. The monoisotopic (exact) mass is 507 g/mol. The predicted molar refractivity (Wildman–Crippen MR) is 119 cm³/mol. The average molecular weight is 508 g/mol. The second kappa shape index (κ2) is 8.66. The van der Waals surface area contributed by atoms with Crippen molar-refractivity contribution in [3.05, 3.63) is 82.5 Å². The molecule has 0 atom stereocenters. The summed E-state index contributed by atoms with van der Waals surface area (Å²) >= 11 is 0.797. The number of carbonyl (C=O) groups excluding carboxylic acids is 1. The molecule has 4 aromatic rings.